The van der Waals surface area contributed by atoms with Crippen LogP contribution in [-0.4, -0.2) is 17.7 Å². The fourth-order valence-corrected chi connectivity index (χ4v) is 2.45. The van der Waals surface area contributed by atoms with Gasteiger partial charge in [-0.2, -0.15) is 12.6 Å². The molecule has 1 unspecified atom stereocenters. The minimum Gasteiger partial charge on any atom is -0.310 e. The van der Waals surface area contributed by atoms with Crippen molar-refractivity contribution in [2.45, 2.75) is 11.7 Å². The fourth-order valence-electron chi connectivity index (χ4n) is 1.62. The number of benzene rings is 1. The molecule has 0 aromatic heterocycles. The molecule has 0 spiro atoms. The number of hydrogen-bond donors (Lipinski definition) is 1. The Hall–Kier alpha value is -0.380. The van der Waals surface area contributed by atoms with Crippen molar-refractivity contribution in [1.82, 2.24) is 0 Å². The van der Waals surface area contributed by atoms with Crippen molar-refractivity contribution in [2.75, 3.05) is 11.4 Å². The summed E-state index contributed by atoms with van der Waals surface area (Å²) in [4.78, 5) is 13.3. The average molecular weight is 262 g/mol. The maximum atomic E-state index is 11.6. The third-order valence-electron chi connectivity index (χ3n) is 2.31. The molecule has 1 aromatic carbocycles. The van der Waals surface area contributed by atoms with Gasteiger partial charge in [0, 0.05) is 23.2 Å². The number of amides is 1. The number of thiol groups is 1. The van der Waals surface area contributed by atoms with Crippen LogP contribution in [-0.2, 0) is 4.79 Å². The predicted octanol–water partition coefficient (Wildman–Crippen LogP) is 3.03. The maximum absolute atomic E-state index is 11.6. The van der Waals surface area contributed by atoms with Crippen LogP contribution in [0.15, 0.2) is 18.2 Å². The normalized spacial score (nSPS) is 21.1. The highest BCUT2D eigenvalue weighted by Crippen LogP contribution is 2.32. The zero-order chi connectivity index (χ0) is 11.0. The zero-order valence-electron chi connectivity index (χ0n) is 7.78. The highest BCUT2D eigenvalue weighted by Gasteiger charge is 2.29. The Labute approximate surface area is 104 Å². The van der Waals surface area contributed by atoms with Crippen molar-refractivity contribution < 1.29 is 4.79 Å². The van der Waals surface area contributed by atoms with Gasteiger partial charge in [-0.1, -0.05) is 23.2 Å². The van der Waals surface area contributed by atoms with Gasteiger partial charge in [0.1, 0.15) is 0 Å². The van der Waals surface area contributed by atoms with Crippen molar-refractivity contribution in [2.24, 2.45) is 0 Å². The molecule has 0 radical (unpaired) electrons. The van der Waals surface area contributed by atoms with Gasteiger partial charge in [-0.3, -0.25) is 4.79 Å². The van der Waals surface area contributed by atoms with Gasteiger partial charge < -0.3 is 4.90 Å². The molecule has 15 heavy (non-hydrogen) atoms. The lowest BCUT2D eigenvalue weighted by molar-refractivity contribution is -0.117. The summed E-state index contributed by atoms with van der Waals surface area (Å²) < 4.78 is 0. The molecule has 1 saturated heterocycles. The monoisotopic (exact) mass is 261 g/mol. The van der Waals surface area contributed by atoms with E-state index in [4.69, 9.17) is 23.2 Å². The van der Waals surface area contributed by atoms with E-state index in [0.29, 0.717) is 28.7 Å². The molecule has 1 heterocycles. The number of halogens is 2. The third kappa shape index (κ3) is 2.25. The van der Waals surface area contributed by atoms with E-state index in [1.54, 1.807) is 23.1 Å². The second-order valence-electron chi connectivity index (χ2n) is 3.46. The minimum absolute atomic E-state index is 0.0548. The lowest BCUT2D eigenvalue weighted by Crippen LogP contribution is -2.24. The second-order valence-corrected chi connectivity index (χ2v) is 5.03. The van der Waals surface area contributed by atoms with Crippen LogP contribution in [0.5, 0.6) is 0 Å². The Kier molecular flexibility index (Phi) is 3.14. The molecule has 5 heteroatoms. The van der Waals surface area contributed by atoms with E-state index in [1.165, 1.54) is 0 Å². The Morgan fingerprint density at radius 3 is 2.67 bits per heavy atom. The lowest BCUT2D eigenvalue weighted by atomic mass is 10.3. The highest BCUT2D eigenvalue weighted by atomic mass is 35.5. The van der Waals surface area contributed by atoms with Crippen LogP contribution in [0.4, 0.5) is 5.69 Å². The van der Waals surface area contributed by atoms with Gasteiger partial charge >= 0.3 is 0 Å². The molecule has 1 atom stereocenters. The molecular formula is C10H9Cl2NOS. The molecule has 2 rings (SSSR count). The van der Waals surface area contributed by atoms with Gasteiger partial charge in [0.15, 0.2) is 0 Å². The summed E-state index contributed by atoms with van der Waals surface area (Å²) in [5.74, 6) is 0.0548. The largest absolute Gasteiger partial charge is 0.310 e. The van der Waals surface area contributed by atoms with Gasteiger partial charge in [-0.05, 0) is 18.2 Å². The van der Waals surface area contributed by atoms with Gasteiger partial charge in [0.05, 0.1) is 10.7 Å². The summed E-state index contributed by atoms with van der Waals surface area (Å²) in [5, 5.41) is 1.15. The summed E-state index contributed by atoms with van der Waals surface area (Å²) in [6, 6.07) is 5.12. The van der Waals surface area contributed by atoms with E-state index in [1.807, 2.05) is 0 Å². The number of carbonyl (C=O) groups excluding carboxylic acids is 1. The molecule has 1 fully saturated rings. The van der Waals surface area contributed by atoms with Gasteiger partial charge in [0.2, 0.25) is 5.91 Å². The Balaban J connectivity index is 2.34. The number of nitrogens with zero attached hydrogens (tertiary/aromatic N) is 1. The van der Waals surface area contributed by atoms with Crippen LogP contribution in [0.3, 0.4) is 0 Å². The Morgan fingerprint density at radius 1 is 1.40 bits per heavy atom. The molecule has 0 bridgehead atoms. The first-order chi connectivity index (χ1) is 7.08. The second kappa shape index (κ2) is 4.24. The quantitative estimate of drug-likeness (QED) is 0.771. The van der Waals surface area contributed by atoms with Crippen LogP contribution in [0.25, 0.3) is 0 Å². The van der Waals surface area contributed by atoms with E-state index in [2.05, 4.69) is 12.6 Å². The van der Waals surface area contributed by atoms with E-state index in [9.17, 15) is 4.79 Å². The van der Waals surface area contributed by atoms with Crippen LogP contribution in [0.2, 0.25) is 10.0 Å². The SMILES string of the molecule is O=C1CC(S)CN1c1ccc(Cl)cc1Cl. The summed E-state index contributed by atoms with van der Waals surface area (Å²) in [5.41, 5.74) is 0.711. The number of carbonyl (C=O) groups is 1. The van der Waals surface area contributed by atoms with Gasteiger partial charge in [-0.15, -0.1) is 0 Å². The van der Waals surface area contributed by atoms with E-state index in [-0.39, 0.29) is 11.2 Å². The standard InChI is InChI=1S/C10H9Cl2NOS/c11-6-1-2-9(8(12)3-6)13-5-7(15)4-10(13)14/h1-3,7,15H,4-5H2. The van der Waals surface area contributed by atoms with Crippen LogP contribution < -0.4 is 4.90 Å². The zero-order valence-corrected chi connectivity index (χ0v) is 10.2. The summed E-state index contributed by atoms with van der Waals surface area (Å²) in [7, 11) is 0. The number of anilines is 1. The summed E-state index contributed by atoms with van der Waals surface area (Å²) >= 11 is 16.1. The fraction of sp³-hybridized carbons (Fsp3) is 0.300. The van der Waals surface area contributed by atoms with E-state index < -0.39 is 0 Å². The minimum atomic E-state index is 0.0548. The maximum Gasteiger partial charge on any atom is 0.228 e. The Morgan fingerprint density at radius 2 is 2.13 bits per heavy atom. The molecule has 1 aromatic rings. The molecular weight excluding hydrogens is 253 g/mol. The van der Waals surface area contributed by atoms with Crippen LogP contribution in [0, 0.1) is 0 Å². The number of hydrogen-bond acceptors (Lipinski definition) is 2. The van der Waals surface area contributed by atoms with Gasteiger partial charge in [0.25, 0.3) is 0 Å². The van der Waals surface area contributed by atoms with Crippen molar-refractivity contribution in [3.8, 4) is 0 Å². The molecule has 80 valence electrons. The van der Waals surface area contributed by atoms with Crippen molar-refractivity contribution >= 4 is 47.4 Å². The highest BCUT2D eigenvalue weighted by molar-refractivity contribution is 7.81. The van der Waals surface area contributed by atoms with Crippen molar-refractivity contribution in [1.29, 1.82) is 0 Å². The molecule has 1 aliphatic rings. The first-order valence-electron chi connectivity index (χ1n) is 4.51. The smallest absolute Gasteiger partial charge is 0.228 e. The first-order valence-corrected chi connectivity index (χ1v) is 5.78. The summed E-state index contributed by atoms with van der Waals surface area (Å²) in [6.07, 6.45) is 0.460. The lowest BCUT2D eigenvalue weighted by Gasteiger charge is -2.17. The first kappa shape index (κ1) is 11.1. The molecule has 0 N–H and O–H groups in total. The van der Waals surface area contributed by atoms with E-state index >= 15 is 0 Å². The third-order valence-corrected chi connectivity index (χ3v) is 3.19. The van der Waals surface area contributed by atoms with Crippen LogP contribution in [0.1, 0.15) is 6.42 Å². The van der Waals surface area contributed by atoms with Crippen molar-refractivity contribution in [3.63, 3.8) is 0 Å². The van der Waals surface area contributed by atoms with Gasteiger partial charge in [-0.25, -0.2) is 0 Å². The molecule has 1 aliphatic heterocycles. The van der Waals surface area contributed by atoms with Crippen LogP contribution >= 0.6 is 35.8 Å². The topological polar surface area (TPSA) is 20.3 Å². The van der Waals surface area contributed by atoms with E-state index in [0.717, 1.165) is 0 Å². The molecule has 2 nitrogen and oxygen atoms in total. The summed E-state index contributed by atoms with van der Waals surface area (Å²) in [6.45, 7) is 0.600. The predicted molar refractivity (Wildman–Crippen MR) is 66.2 cm³/mol. The average Bonchev–Trinajstić information content (AvgIpc) is 2.45. The molecule has 0 aliphatic carbocycles. The van der Waals surface area contributed by atoms with Crippen molar-refractivity contribution in [3.05, 3.63) is 28.2 Å². The Bertz CT molecular complexity index is 410. The number of rotatable bonds is 1. The molecule has 1 amide bonds. The molecule has 0 saturated carbocycles.